The van der Waals surface area contributed by atoms with Crippen LogP contribution in [0.25, 0.3) is 88.4 Å². The second-order valence-electron chi connectivity index (χ2n) is 15.0. The number of aromatic nitrogens is 2. The molecule has 0 radical (unpaired) electrons. The fourth-order valence-electron chi connectivity index (χ4n) is 9.11. The molecule has 1 aliphatic rings. The molecular weight excluding hydrogens is 641 g/mol. The van der Waals surface area contributed by atoms with Crippen molar-refractivity contribution in [3.63, 3.8) is 0 Å². The fraction of sp³-hybridized carbons (Fsp3) is 0.0588. The number of nitrogens with zero attached hydrogens (tertiary/aromatic N) is 2. The summed E-state index contributed by atoms with van der Waals surface area (Å²) in [5.41, 5.74) is 17.6. The molecule has 1 aliphatic carbocycles. The molecule has 0 spiro atoms. The third-order valence-corrected chi connectivity index (χ3v) is 11.7. The van der Waals surface area contributed by atoms with E-state index < -0.39 is 0 Å². The number of rotatable bonds is 4. The molecule has 8 aromatic carbocycles. The van der Waals surface area contributed by atoms with E-state index in [-0.39, 0.29) is 5.41 Å². The smallest absolute Gasteiger partial charge is 0.0544 e. The maximum Gasteiger partial charge on any atom is 0.0544 e. The molecule has 2 heterocycles. The maximum absolute atomic E-state index is 2.46. The summed E-state index contributed by atoms with van der Waals surface area (Å²) in [6.45, 7) is 4.73. The van der Waals surface area contributed by atoms with E-state index in [1.165, 1.54) is 93.8 Å². The van der Waals surface area contributed by atoms with Gasteiger partial charge in [0.2, 0.25) is 0 Å². The monoisotopic (exact) mass is 676 g/mol. The lowest BCUT2D eigenvalue weighted by molar-refractivity contribution is 0.661. The predicted octanol–water partition coefficient (Wildman–Crippen LogP) is 13.5. The van der Waals surface area contributed by atoms with Crippen LogP contribution in [0.15, 0.2) is 182 Å². The van der Waals surface area contributed by atoms with Gasteiger partial charge < -0.3 is 9.13 Å². The number of benzene rings is 8. The molecule has 0 saturated heterocycles. The molecule has 11 rings (SSSR count). The molecule has 0 aliphatic heterocycles. The van der Waals surface area contributed by atoms with E-state index in [0.29, 0.717) is 0 Å². The van der Waals surface area contributed by atoms with Crippen molar-refractivity contribution in [3.8, 4) is 44.8 Å². The van der Waals surface area contributed by atoms with Gasteiger partial charge in [-0.25, -0.2) is 0 Å². The van der Waals surface area contributed by atoms with E-state index in [1.807, 2.05) is 0 Å². The van der Waals surface area contributed by atoms with Crippen LogP contribution < -0.4 is 0 Å². The molecule has 53 heavy (non-hydrogen) atoms. The number of hydrogen-bond acceptors (Lipinski definition) is 0. The van der Waals surface area contributed by atoms with Crippen molar-refractivity contribution in [2.24, 2.45) is 0 Å². The highest BCUT2D eigenvalue weighted by atomic mass is 15.0. The minimum absolute atomic E-state index is 0.0677. The first kappa shape index (κ1) is 30.0. The zero-order valence-corrected chi connectivity index (χ0v) is 29.7. The lowest BCUT2D eigenvalue weighted by Gasteiger charge is -2.21. The topological polar surface area (TPSA) is 9.86 Å². The largest absolute Gasteiger partial charge is 0.309 e. The van der Waals surface area contributed by atoms with Gasteiger partial charge in [-0.15, -0.1) is 0 Å². The summed E-state index contributed by atoms with van der Waals surface area (Å²) < 4.78 is 4.85. The SMILES string of the molecule is CC1(C)c2ccccc2-c2cc3c4cc(-c5ccc6c(c5)c5ccccc5n6-c5ccc(-c6ccccc6)cc5)ccc4n(-c4ccccc4)c3cc21. The van der Waals surface area contributed by atoms with Crippen LogP contribution in [0.2, 0.25) is 0 Å². The molecule has 2 nitrogen and oxygen atoms in total. The molecule has 2 heteroatoms. The molecule has 10 aromatic rings. The third kappa shape index (κ3) is 4.39. The Kier molecular flexibility index (Phi) is 6.33. The normalized spacial score (nSPS) is 13.2. The van der Waals surface area contributed by atoms with Gasteiger partial charge in [0.25, 0.3) is 0 Å². The van der Waals surface area contributed by atoms with Gasteiger partial charge in [-0.3, -0.25) is 0 Å². The third-order valence-electron chi connectivity index (χ3n) is 11.7. The maximum atomic E-state index is 2.46. The second-order valence-corrected chi connectivity index (χ2v) is 15.0. The van der Waals surface area contributed by atoms with Crippen molar-refractivity contribution in [3.05, 3.63) is 193 Å². The van der Waals surface area contributed by atoms with Gasteiger partial charge in [0.05, 0.1) is 22.1 Å². The molecule has 0 amide bonds. The Balaban J connectivity index is 1.10. The first-order valence-corrected chi connectivity index (χ1v) is 18.5. The number of hydrogen-bond donors (Lipinski definition) is 0. The Labute approximate surface area is 308 Å². The quantitative estimate of drug-likeness (QED) is 0.176. The van der Waals surface area contributed by atoms with E-state index in [1.54, 1.807) is 0 Å². The van der Waals surface area contributed by atoms with Gasteiger partial charge >= 0.3 is 0 Å². The number of para-hydroxylation sites is 2. The van der Waals surface area contributed by atoms with E-state index in [0.717, 1.165) is 5.69 Å². The summed E-state index contributed by atoms with van der Waals surface area (Å²) in [5, 5.41) is 5.07. The van der Waals surface area contributed by atoms with Crippen molar-refractivity contribution >= 4 is 43.6 Å². The predicted molar refractivity (Wildman–Crippen MR) is 224 cm³/mol. The van der Waals surface area contributed by atoms with Crippen LogP contribution in [0, 0.1) is 0 Å². The zero-order chi connectivity index (χ0) is 35.3. The summed E-state index contributed by atoms with van der Waals surface area (Å²) in [5.74, 6) is 0. The molecule has 0 unspecified atom stereocenters. The standard InChI is InChI=1S/C51H36N2/c1-51(2)45-19-11-9-17-39(45)41-31-44-43-30-36(24-28-49(43)53(50(44)32-46(41)51)37-15-7-4-8-16-37)35-23-27-48-42(29-35)40-18-10-12-20-47(40)52(48)38-25-21-34(22-26-38)33-13-5-3-6-14-33/h3-32H,1-2H3. The highest BCUT2D eigenvalue weighted by Crippen LogP contribution is 2.51. The molecule has 0 fully saturated rings. The average Bonchev–Trinajstić information content (AvgIpc) is 3.80. The molecule has 0 saturated carbocycles. The van der Waals surface area contributed by atoms with Gasteiger partial charge in [0.1, 0.15) is 0 Å². The summed E-state index contributed by atoms with van der Waals surface area (Å²) >= 11 is 0. The van der Waals surface area contributed by atoms with Gasteiger partial charge in [-0.2, -0.15) is 0 Å². The van der Waals surface area contributed by atoms with Crippen LogP contribution in [0.4, 0.5) is 0 Å². The minimum Gasteiger partial charge on any atom is -0.309 e. The van der Waals surface area contributed by atoms with Gasteiger partial charge in [0.15, 0.2) is 0 Å². The number of fused-ring (bicyclic) bond motifs is 9. The zero-order valence-electron chi connectivity index (χ0n) is 29.7. The lowest BCUT2D eigenvalue weighted by atomic mass is 9.82. The molecule has 250 valence electrons. The van der Waals surface area contributed by atoms with Crippen molar-refractivity contribution in [1.82, 2.24) is 9.13 Å². The van der Waals surface area contributed by atoms with Crippen LogP contribution in [0.1, 0.15) is 25.0 Å². The average molecular weight is 677 g/mol. The van der Waals surface area contributed by atoms with Crippen LogP contribution in [-0.2, 0) is 5.41 Å². The Morgan fingerprint density at radius 2 is 0.830 bits per heavy atom. The lowest BCUT2D eigenvalue weighted by Crippen LogP contribution is -2.14. The first-order valence-electron chi connectivity index (χ1n) is 18.5. The van der Waals surface area contributed by atoms with E-state index in [2.05, 4.69) is 205 Å². The van der Waals surface area contributed by atoms with Crippen LogP contribution in [0.3, 0.4) is 0 Å². The first-order chi connectivity index (χ1) is 26.0. The summed E-state index contributed by atoms with van der Waals surface area (Å²) in [6, 6.07) is 67.0. The minimum atomic E-state index is -0.0677. The molecular formula is C51H36N2. The van der Waals surface area contributed by atoms with Gasteiger partial charge in [0, 0.05) is 38.3 Å². The summed E-state index contributed by atoms with van der Waals surface area (Å²) in [7, 11) is 0. The van der Waals surface area contributed by atoms with Crippen molar-refractivity contribution in [1.29, 1.82) is 0 Å². The van der Waals surface area contributed by atoms with Crippen LogP contribution in [0.5, 0.6) is 0 Å². The van der Waals surface area contributed by atoms with Crippen LogP contribution in [-0.4, -0.2) is 9.13 Å². The van der Waals surface area contributed by atoms with E-state index in [9.17, 15) is 0 Å². The van der Waals surface area contributed by atoms with E-state index in [4.69, 9.17) is 0 Å². The van der Waals surface area contributed by atoms with E-state index >= 15 is 0 Å². The summed E-state index contributed by atoms with van der Waals surface area (Å²) in [6.07, 6.45) is 0. The van der Waals surface area contributed by atoms with Gasteiger partial charge in [-0.05, 0) is 111 Å². The van der Waals surface area contributed by atoms with Crippen molar-refractivity contribution in [2.75, 3.05) is 0 Å². The van der Waals surface area contributed by atoms with Crippen molar-refractivity contribution in [2.45, 2.75) is 19.3 Å². The van der Waals surface area contributed by atoms with Gasteiger partial charge in [-0.1, -0.05) is 129 Å². The molecule has 0 bridgehead atoms. The highest BCUT2D eigenvalue weighted by molar-refractivity contribution is 6.14. The molecule has 0 N–H and O–H groups in total. The highest BCUT2D eigenvalue weighted by Gasteiger charge is 2.36. The van der Waals surface area contributed by atoms with Crippen LogP contribution >= 0.6 is 0 Å². The second kappa shape index (κ2) is 11.2. The van der Waals surface area contributed by atoms with Crippen molar-refractivity contribution < 1.29 is 0 Å². The fourth-order valence-corrected chi connectivity index (χ4v) is 9.11. The Morgan fingerprint density at radius 1 is 0.321 bits per heavy atom. The molecule has 0 atom stereocenters. The Hall–Kier alpha value is -6.64. The summed E-state index contributed by atoms with van der Waals surface area (Å²) in [4.78, 5) is 0. The Bertz CT molecular complexity index is 3050. The molecule has 2 aromatic heterocycles. The Morgan fingerprint density at radius 3 is 1.57 bits per heavy atom.